The lowest BCUT2D eigenvalue weighted by atomic mass is 9.88. The van der Waals surface area contributed by atoms with Crippen molar-refractivity contribution < 1.29 is 4.74 Å². The fraction of sp³-hybridized carbons (Fsp3) is 0.600. The Bertz CT molecular complexity index is 402. The van der Waals surface area contributed by atoms with E-state index < -0.39 is 0 Å². The van der Waals surface area contributed by atoms with E-state index >= 15 is 0 Å². The molecule has 1 atom stereocenters. The number of rotatable bonds is 6. The summed E-state index contributed by atoms with van der Waals surface area (Å²) < 4.78 is 5.74. The number of nitrogens with zero attached hydrogens (tertiary/aromatic N) is 1. The minimum atomic E-state index is -0.106. The van der Waals surface area contributed by atoms with Gasteiger partial charge in [0, 0.05) is 5.54 Å². The van der Waals surface area contributed by atoms with Crippen LogP contribution in [0.1, 0.15) is 39.3 Å². The largest absolute Gasteiger partial charge is 0.491 e. The van der Waals surface area contributed by atoms with E-state index in [4.69, 9.17) is 10.6 Å². The van der Waals surface area contributed by atoms with Gasteiger partial charge in [-0.25, -0.2) is 0 Å². The van der Waals surface area contributed by atoms with Crippen molar-refractivity contribution in [3.63, 3.8) is 0 Å². The van der Waals surface area contributed by atoms with Crippen LogP contribution in [0, 0.1) is 0 Å². The molecule has 4 heteroatoms. The standard InChI is InChI=1S/C15H27N3O/c1-11(2)19-13-9-7-8-12(10-13)14(17-16)15(3,4)18(5)6/h7-11,14,17H,16H2,1-6H3. The number of hydrogen-bond acceptors (Lipinski definition) is 4. The third-order valence-electron chi connectivity index (χ3n) is 3.59. The monoisotopic (exact) mass is 265 g/mol. The molecule has 0 aliphatic heterocycles. The molecule has 4 nitrogen and oxygen atoms in total. The Morgan fingerprint density at radius 1 is 1.26 bits per heavy atom. The minimum Gasteiger partial charge on any atom is -0.491 e. The van der Waals surface area contributed by atoms with Crippen molar-refractivity contribution in [1.29, 1.82) is 0 Å². The van der Waals surface area contributed by atoms with Crippen molar-refractivity contribution in [2.45, 2.75) is 45.4 Å². The Morgan fingerprint density at radius 3 is 2.37 bits per heavy atom. The summed E-state index contributed by atoms with van der Waals surface area (Å²) in [7, 11) is 4.11. The lowest BCUT2D eigenvalue weighted by Crippen LogP contribution is -2.51. The van der Waals surface area contributed by atoms with Crippen LogP contribution in [0.2, 0.25) is 0 Å². The summed E-state index contributed by atoms with van der Waals surface area (Å²) in [4.78, 5) is 2.16. The van der Waals surface area contributed by atoms with Crippen LogP contribution in [0.25, 0.3) is 0 Å². The Kier molecular flexibility index (Phi) is 5.35. The van der Waals surface area contributed by atoms with Gasteiger partial charge in [0.05, 0.1) is 12.1 Å². The van der Waals surface area contributed by atoms with Gasteiger partial charge in [0.15, 0.2) is 0 Å². The van der Waals surface area contributed by atoms with E-state index in [1.807, 2.05) is 26.0 Å². The maximum atomic E-state index is 5.76. The van der Waals surface area contributed by atoms with E-state index in [0.29, 0.717) is 0 Å². The number of nitrogens with two attached hydrogens (primary N) is 1. The van der Waals surface area contributed by atoms with E-state index in [0.717, 1.165) is 11.3 Å². The van der Waals surface area contributed by atoms with Gasteiger partial charge in [-0.2, -0.15) is 0 Å². The van der Waals surface area contributed by atoms with Gasteiger partial charge in [0.1, 0.15) is 5.75 Å². The highest BCUT2D eigenvalue weighted by molar-refractivity contribution is 5.32. The topological polar surface area (TPSA) is 50.5 Å². The molecule has 0 saturated carbocycles. The van der Waals surface area contributed by atoms with Gasteiger partial charge in [-0.05, 0) is 59.5 Å². The van der Waals surface area contributed by atoms with Crippen molar-refractivity contribution in [3.8, 4) is 5.75 Å². The number of ether oxygens (including phenoxy) is 1. The minimum absolute atomic E-state index is 0.0261. The average molecular weight is 265 g/mol. The molecule has 0 amide bonds. The first-order valence-electron chi connectivity index (χ1n) is 6.69. The lowest BCUT2D eigenvalue weighted by molar-refractivity contribution is 0.138. The Morgan fingerprint density at radius 2 is 1.89 bits per heavy atom. The second-order valence-electron chi connectivity index (χ2n) is 5.89. The lowest BCUT2D eigenvalue weighted by Gasteiger charge is -2.40. The predicted molar refractivity (Wildman–Crippen MR) is 80.0 cm³/mol. The maximum Gasteiger partial charge on any atom is 0.120 e. The molecule has 0 aliphatic carbocycles. The molecule has 0 spiro atoms. The Hall–Kier alpha value is -1.10. The molecule has 19 heavy (non-hydrogen) atoms. The van der Waals surface area contributed by atoms with E-state index in [-0.39, 0.29) is 17.7 Å². The number of nitrogens with one attached hydrogen (secondary N) is 1. The Balaban J connectivity index is 3.05. The molecule has 108 valence electrons. The van der Waals surface area contributed by atoms with Crippen LogP contribution in [0.4, 0.5) is 0 Å². The second-order valence-corrected chi connectivity index (χ2v) is 5.89. The highest BCUT2D eigenvalue weighted by Gasteiger charge is 2.32. The maximum absolute atomic E-state index is 5.76. The van der Waals surface area contributed by atoms with Crippen molar-refractivity contribution >= 4 is 0 Å². The molecule has 1 aromatic rings. The molecule has 1 rings (SSSR count). The van der Waals surface area contributed by atoms with E-state index in [1.165, 1.54) is 0 Å². The molecule has 1 unspecified atom stereocenters. The molecule has 0 aliphatic rings. The van der Waals surface area contributed by atoms with Crippen LogP contribution in [0.3, 0.4) is 0 Å². The summed E-state index contributed by atoms with van der Waals surface area (Å²) in [6.45, 7) is 8.37. The number of likely N-dealkylation sites (N-methyl/N-ethyl adjacent to an activating group) is 1. The third kappa shape index (κ3) is 3.93. The summed E-state index contributed by atoms with van der Waals surface area (Å²) in [5.41, 5.74) is 3.94. The first kappa shape index (κ1) is 16.0. The van der Waals surface area contributed by atoms with Crippen molar-refractivity contribution in [3.05, 3.63) is 29.8 Å². The smallest absolute Gasteiger partial charge is 0.120 e. The predicted octanol–water partition coefficient (Wildman–Crippen LogP) is 2.32. The zero-order chi connectivity index (χ0) is 14.6. The fourth-order valence-corrected chi connectivity index (χ4v) is 2.01. The van der Waals surface area contributed by atoms with Crippen LogP contribution in [0.15, 0.2) is 24.3 Å². The van der Waals surface area contributed by atoms with Crippen LogP contribution >= 0.6 is 0 Å². The summed E-state index contributed by atoms with van der Waals surface area (Å²) in [5.74, 6) is 6.64. The number of hydrazine groups is 1. The van der Waals surface area contributed by atoms with Crippen molar-refractivity contribution in [2.24, 2.45) is 5.84 Å². The average Bonchev–Trinajstić information content (AvgIpc) is 2.28. The molecule has 3 N–H and O–H groups in total. The zero-order valence-corrected chi connectivity index (χ0v) is 12.9. The van der Waals surface area contributed by atoms with Crippen LogP contribution in [-0.2, 0) is 0 Å². The van der Waals surface area contributed by atoms with Crippen LogP contribution in [-0.4, -0.2) is 30.6 Å². The highest BCUT2D eigenvalue weighted by Crippen LogP contribution is 2.30. The van der Waals surface area contributed by atoms with Gasteiger partial charge in [0.2, 0.25) is 0 Å². The third-order valence-corrected chi connectivity index (χ3v) is 3.59. The SMILES string of the molecule is CC(C)Oc1cccc(C(NN)C(C)(C)N(C)C)c1. The normalized spacial score (nSPS) is 13.9. The first-order chi connectivity index (χ1) is 8.78. The van der Waals surface area contributed by atoms with Gasteiger partial charge >= 0.3 is 0 Å². The molecular formula is C15H27N3O. The summed E-state index contributed by atoms with van der Waals surface area (Å²) in [5, 5.41) is 0. The highest BCUT2D eigenvalue weighted by atomic mass is 16.5. The molecule has 0 saturated heterocycles. The molecule has 0 bridgehead atoms. The summed E-state index contributed by atoms with van der Waals surface area (Å²) >= 11 is 0. The quantitative estimate of drug-likeness (QED) is 0.612. The van der Waals surface area contributed by atoms with E-state index in [9.17, 15) is 0 Å². The molecule has 1 aromatic carbocycles. The van der Waals surface area contributed by atoms with Gasteiger partial charge in [-0.3, -0.25) is 11.3 Å². The summed E-state index contributed by atoms with van der Waals surface area (Å²) in [6, 6.07) is 8.12. The summed E-state index contributed by atoms with van der Waals surface area (Å²) in [6.07, 6.45) is 0.168. The molecule has 0 radical (unpaired) electrons. The van der Waals surface area contributed by atoms with Gasteiger partial charge in [0.25, 0.3) is 0 Å². The molecular weight excluding hydrogens is 238 g/mol. The Labute approximate surface area is 116 Å². The first-order valence-corrected chi connectivity index (χ1v) is 6.69. The van der Waals surface area contributed by atoms with E-state index in [1.54, 1.807) is 0 Å². The van der Waals surface area contributed by atoms with Gasteiger partial charge < -0.3 is 9.64 Å². The molecule has 0 aromatic heterocycles. The molecule has 0 fully saturated rings. The van der Waals surface area contributed by atoms with Gasteiger partial charge in [-0.15, -0.1) is 0 Å². The van der Waals surface area contributed by atoms with Gasteiger partial charge in [-0.1, -0.05) is 12.1 Å². The molecule has 0 heterocycles. The number of benzene rings is 1. The fourth-order valence-electron chi connectivity index (χ4n) is 2.01. The second kappa shape index (κ2) is 6.37. The van der Waals surface area contributed by atoms with E-state index in [2.05, 4.69) is 50.4 Å². The van der Waals surface area contributed by atoms with Crippen LogP contribution < -0.4 is 16.0 Å². The van der Waals surface area contributed by atoms with Crippen molar-refractivity contribution in [1.82, 2.24) is 10.3 Å². The van der Waals surface area contributed by atoms with Crippen LogP contribution in [0.5, 0.6) is 5.75 Å². The number of hydrogen-bond donors (Lipinski definition) is 2. The van der Waals surface area contributed by atoms with Crippen molar-refractivity contribution in [2.75, 3.05) is 14.1 Å². The zero-order valence-electron chi connectivity index (χ0n) is 12.9.